The number of rotatable bonds is 13. The van der Waals surface area contributed by atoms with Gasteiger partial charge in [0.15, 0.2) is 0 Å². The second-order valence-corrected chi connectivity index (χ2v) is 11.3. The van der Waals surface area contributed by atoms with Crippen molar-refractivity contribution in [1.82, 2.24) is 0 Å². The number of hydrogen-bond acceptors (Lipinski definition) is 8. The van der Waals surface area contributed by atoms with Crippen LogP contribution in [0.5, 0.6) is 0 Å². The number of carbonyl (C=O) groups is 3. The van der Waals surface area contributed by atoms with E-state index in [0.717, 1.165) is 0 Å². The molecule has 0 aliphatic rings. The van der Waals surface area contributed by atoms with Gasteiger partial charge in [0.25, 0.3) is 0 Å². The number of hydrogen-bond donors (Lipinski definition) is 0. The van der Waals surface area contributed by atoms with Crippen LogP contribution in [-0.4, -0.2) is 72.9 Å². The molecule has 8 nitrogen and oxygen atoms in total. The predicted molar refractivity (Wildman–Crippen MR) is 112 cm³/mol. The fourth-order valence-electron chi connectivity index (χ4n) is 1.55. The van der Waals surface area contributed by atoms with Gasteiger partial charge < -0.3 is 18.9 Å². The average Bonchev–Trinajstić information content (AvgIpc) is 2.58. The monoisotopic (exact) mass is 529 g/mol. The Labute approximate surface area is 183 Å². The molecule has 28 heavy (non-hydrogen) atoms. The zero-order valence-corrected chi connectivity index (χ0v) is 20.2. The van der Waals surface area contributed by atoms with E-state index in [1.807, 2.05) is 0 Å². The number of ether oxygens (including phenoxy) is 4. The molecule has 0 atom stereocenters. The van der Waals surface area contributed by atoms with E-state index >= 15 is 0 Å². The van der Waals surface area contributed by atoms with Crippen LogP contribution in [0.4, 0.5) is 0 Å². The minimum absolute atomic E-state index is 0.00132. The van der Waals surface area contributed by atoms with Crippen molar-refractivity contribution in [3.05, 3.63) is 0 Å². The Morgan fingerprint density at radius 3 is 1.64 bits per heavy atom. The number of halogens is 2. The summed E-state index contributed by atoms with van der Waals surface area (Å²) in [5.74, 6) is -1.78. The Hall–Kier alpha value is -1.000. The van der Waals surface area contributed by atoms with Crippen molar-refractivity contribution >= 4 is 56.5 Å². The summed E-state index contributed by atoms with van der Waals surface area (Å²) in [6.07, 6.45) is 0. The molecule has 0 saturated carbocycles. The lowest BCUT2D eigenvalue weighted by Crippen LogP contribution is -2.43. The van der Waals surface area contributed by atoms with Crippen molar-refractivity contribution in [3.63, 3.8) is 0 Å². The van der Waals surface area contributed by atoms with Gasteiger partial charge >= 0.3 is 17.9 Å². The van der Waals surface area contributed by atoms with Gasteiger partial charge in [0.05, 0.1) is 19.8 Å². The average molecular weight is 531 g/mol. The summed E-state index contributed by atoms with van der Waals surface area (Å²) in [7, 11) is 0. The minimum Gasteiger partial charge on any atom is -0.463 e. The molecule has 0 aromatic rings. The molecule has 0 aliphatic heterocycles. The Bertz CT molecular complexity index is 523. The number of aliphatic imine (C=N–C) groups is 1. The van der Waals surface area contributed by atoms with E-state index in [4.69, 9.17) is 18.9 Å². The highest BCUT2D eigenvalue weighted by atomic mass is 79.9. The Morgan fingerprint density at radius 2 is 1.25 bits per heavy atom. The van der Waals surface area contributed by atoms with Crippen LogP contribution in [0.25, 0.3) is 0 Å². The molecule has 0 saturated heterocycles. The molecule has 0 spiro atoms. The molecule has 0 unspecified atom stereocenters. The van der Waals surface area contributed by atoms with Crippen molar-refractivity contribution < 1.29 is 33.3 Å². The molecule has 0 rings (SSSR count). The lowest BCUT2D eigenvalue weighted by molar-refractivity contribution is -0.172. The molecule has 0 fully saturated rings. The van der Waals surface area contributed by atoms with Crippen LogP contribution in [0, 0.1) is 5.41 Å². The van der Waals surface area contributed by atoms with Gasteiger partial charge in [-0.3, -0.25) is 19.4 Å². The van der Waals surface area contributed by atoms with E-state index in [0.29, 0.717) is 13.2 Å². The number of esters is 3. The van der Waals surface area contributed by atoms with Crippen LogP contribution in [0.15, 0.2) is 4.99 Å². The van der Waals surface area contributed by atoms with Crippen molar-refractivity contribution in [3.8, 4) is 0 Å². The van der Waals surface area contributed by atoms with Gasteiger partial charge in [0, 0.05) is 0 Å². The molecule has 0 N–H and O–H groups in total. The lowest BCUT2D eigenvalue weighted by atomic mass is 9.93. The summed E-state index contributed by atoms with van der Waals surface area (Å²) in [5.41, 5.74) is -1.37. The van der Waals surface area contributed by atoms with Crippen molar-refractivity contribution in [1.29, 1.82) is 0 Å². The highest BCUT2D eigenvalue weighted by Crippen LogP contribution is 2.25. The summed E-state index contributed by atoms with van der Waals surface area (Å²) < 4.78 is 19.1. The summed E-state index contributed by atoms with van der Waals surface area (Å²) in [5, 5.41) is 0. The van der Waals surface area contributed by atoms with E-state index < -0.39 is 32.0 Å². The fourth-order valence-corrected chi connectivity index (χ4v) is 1.78. The van der Waals surface area contributed by atoms with Crippen LogP contribution >= 0.6 is 31.9 Å². The van der Waals surface area contributed by atoms with Crippen molar-refractivity contribution in [2.75, 3.05) is 39.6 Å². The quantitative estimate of drug-likeness (QED) is 0.119. The second-order valence-electron chi connectivity index (χ2n) is 7.35. The van der Waals surface area contributed by atoms with Crippen LogP contribution in [0.1, 0.15) is 34.6 Å². The summed E-state index contributed by atoms with van der Waals surface area (Å²) in [6, 6.07) is 0. The fraction of sp³-hybridized carbons (Fsp3) is 0.778. The maximum Gasteiger partial charge on any atom is 0.322 e. The first-order valence-corrected chi connectivity index (χ1v) is 10.2. The van der Waals surface area contributed by atoms with E-state index in [-0.39, 0.29) is 26.4 Å². The molecule has 0 heterocycles. The third kappa shape index (κ3) is 10.5. The zero-order valence-electron chi connectivity index (χ0n) is 17.0. The van der Waals surface area contributed by atoms with Gasteiger partial charge in [0.2, 0.25) is 0 Å². The summed E-state index contributed by atoms with van der Waals surface area (Å²) in [6.45, 7) is 11.7. The predicted octanol–water partition coefficient (Wildman–Crippen LogP) is 2.69. The van der Waals surface area contributed by atoms with Gasteiger partial charge in [0.1, 0.15) is 33.9 Å². The standard InChI is InChI=1S/C18H29Br2NO7/c1-16(2,19)13(22)27-11-18(5,12-28-14(23)17(3,4)20)15(24)26-10-9-25-8-7-21-6/h6-12H2,1-5H3. The molecule has 0 radical (unpaired) electrons. The van der Waals surface area contributed by atoms with E-state index in [2.05, 4.69) is 43.6 Å². The normalized spacial score (nSPS) is 12.2. The topological polar surface area (TPSA) is 100 Å². The summed E-state index contributed by atoms with van der Waals surface area (Å²) >= 11 is 6.40. The van der Waals surface area contributed by atoms with Gasteiger partial charge in [-0.05, 0) is 41.3 Å². The van der Waals surface area contributed by atoms with E-state index in [1.165, 1.54) is 6.92 Å². The van der Waals surface area contributed by atoms with Gasteiger partial charge in [-0.2, -0.15) is 0 Å². The van der Waals surface area contributed by atoms with Crippen LogP contribution in [-0.2, 0) is 33.3 Å². The first kappa shape index (κ1) is 27.0. The zero-order chi connectivity index (χ0) is 22.0. The largest absolute Gasteiger partial charge is 0.463 e. The maximum absolute atomic E-state index is 12.6. The highest BCUT2D eigenvalue weighted by molar-refractivity contribution is 9.10. The molecule has 0 bridgehead atoms. The Morgan fingerprint density at radius 1 is 0.786 bits per heavy atom. The third-order valence-corrected chi connectivity index (χ3v) is 4.01. The highest BCUT2D eigenvalue weighted by Gasteiger charge is 2.41. The maximum atomic E-state index is 12.6. The Balaban J connectivity index is 4.94. The SMILES string of the molecule is C=NCCOCCOC(=O)C(C)(COC(=O)C(C)(C)Br)COC(=O)C(C)(C)Br. The molecule has 0 aromatic carbocycles. The van der Waals surface area contributed by atoms with Crippen molar-refractivity contribution in [2.24, 2.45) is 10.4 Å². The van der Waals surface area contributed by atoms with Gasteiger partial charge in [-0.25, -0.2) is 0 Å². The van der Waals surface area contributed by atoms with Crippen LogP contribution in [0.2, 0.25) is 0 Å². The molecule has 10 heteroatoms. The molecule has 162 valence electrons. The summed E-state index contributed by atoms with van der Waals surface area (Å²) in [4.78, 5) is 40.3. The molecule has 0 amide bonds. The number of nitrogens with zero attached hydrogens (tertiary/aromatic N) is 1. The van der Waals surface area contributed by atoms with Crippen LogP contribution in [0.3, 0.4) is 0 Å². The van der Waals surface area contributed by atoms with Crippen LogP contribution < -0.4 is 0 Å². The van der Waals surface area contributed by atoms with E-state index in [9.17, 15) is 14.4 Å². The lowest BCUT2D eigenvalue weighted by Gasteiger charge is -2.28. The second kappa shape index (κ2) is 11.9. The van der Waals surface area contributed by atoms with Crippen molar-refractivity contribution in [2.45, 2.75) is 43.3 Å². The molecule has 0 aromatic heterocycles. The number of alkyl halides is 2. The molecule has 0 aliphatic carbocycles. The first-order chi connectivity index (χ1) is 12.7. The Kier molecular flexibility index (Phi) is 11.4. The first-order valence-electron chi connectivity index (χ1n) is 8.64. The van der Waals surface area contributed by atoms with E-state index in [1.54, 1.807) is 27.7 Å². The molecular weight excluding hydrogens is 502 g/mol. The minimum atomic E-state index is -1.37. The van der Waals surface area contributed by atoms with Gasteiger partial charge in [-0.15, -0.1) is 0 Å². The van der Waals surface area contributed by atoms with Gasteiger partial charge in [-0.1, -0.05) is 31.9 Å². The number of carbonyl (C=O) groups excluding carboxylic acids is 3. The third-order valence-electron chi connectivity index (χ3n) is 3.36. The smallest absolute Gasteiger partial charge is 0.322 e. The molecular formula is C18H29Br2NO7.